The molecule has 2 N–H and O–H groups in total. The first-order valence-electron chi connectivity index (χ1n) is 4.43. The van der Waals surface area contributed by atoms with Crippen molar-refractivity contribution >= 4 is 22.6 Å². The summed E-state index contributed by atoms with van der Waals surface area (Å²) in [5.74, 6) is -0.907. The number of anilines is 1. The normalized spacial score (nSPS) is 10.1. The molecule has 0 aliphatic carbocycles. The molecule has 1 heterocycles. The molecule has 0 amide bonds. The predicted octanol–water partition coefficient (Wildman–Crippen LogP) is 1.13. The first-order valence-corrected chi connectivity index (χ1v) is 4.43. The van der Waals surface area contributed by atoms with Gasteiger partial charge < -0.3 is 10.4 Å². The molecule has 2 aromatic rings. The van der Waals surface area contributed by atoms with Crippen LogP contribution in [-0.4, -0.2) is 27.8 Å². The molecule has 0 aliphatic heterocycles. The molecule has 0 unspecified atom stereocenters. The van der Waals surface area contributed by atoms with Gasteiger partial charge in [0.15, 0.2) is 0 Å². The van der Waals surface area contributed by atoms with Crippen molar-refractivity contribution in [3.63, 3.8) is 0 Å². The van der Waals surface area contributed by atoms with Crippen LogP contribution in [0, 0.1) is 0 Å². The van der Waals surface area contributed by atoms with Gasteiger partial charge in [0, 0.05) is 5.39 Å². The summed E-state index contributed by atoms with van der Waals surface area (Å²) in [5, 5.41) is 19.9. The summed E-state index contributed by atoms with van der Waals surface area (Å²) in [6.07, 6.45) is 1.52. The van der Waals surface area contributed by atoms with Crippen molar-refractivity contribution in [3.8, 4) is 0 Å². The summed E-state index contributed by atoms with van der Waals surface area (Å²) in [6, 6.07) is 7.43. The van der Waals surface area contributed by atoms with Crippen LogP contribution in [0.25, 0.3) is 10.9 Å². The van der Waals surface area contributed by atoms with E-state index in [1.807, 2.05) is 24.3 Å². The summed E-state index contributed by atoms with van der Waals surface area (Å²) in [5.41, 5.74) is 1.43. The lowest BCUT2D eigenvalue weighted by atomic mass is 10.2. The van der Waals surface area contributed by atoms with Crippen molar-refractivity contribution in [2.24, 2.45) is 0 Å². The van der Waals surface area contributed by atoms with Crippen LogP contribution in [0.3, 0.4) is 0 Å². The Hall–Kier alpha value is -2.17. The monoisotopic (exact) mass is 203 g/mol. The molecule has 15 heavy (non-hydrogen) atoms. The minimum atomic E-state index is -0.907. The number of aromatic nitrogens is 2. The highest BCUT2D eigenvalue weighted by Gasteiger charge is 2.02. The second-order valence-corrected chi connectivity index (χ2v) is 3.02. The minimum absolute atomic E-state index is 0.129. The van der Waals surface area contributed by atoms with Crippen molar-refractivity contribution < 1.29 is 9.90 Å². The van der Waals surface area contributed by atoms with Crippen LogP contribution in [-0.2, 0) is 4.79 Å². The number of aliphatic carboxylic acids is 1. The first-order chi connectivity index (χ1) is 7.27. The second kappa shape index (κ2) is 3.91. The number of benzene rings is 1. The van der Waals surface area contributed by atoms with Gasteiger partial charge in [0.25, 0.3) is 0 Å². The predicted molar refractivity (Wildman–Crippen MR) is 55.7 cm³/mol. The van der Waals surface area contributed by atoms with Gasteiger partial charge >= 0.3 is 5.97 Å². The lowest BCUT2D eigenvalue weighted by Crippen LogP contribution is -2.12. The Bertz CT molecular complexity index is 493. The Balaban J connectivity index is 2.38. The van der Waals surface area contributed by atoms with E-state index >= 15 is 0 Å². The van der Waals surface area contributed by atoms with E-state index in [2.05, 4.69) is 15.5 Å². The molecule has 0 atom stereocenters. The summed E-state index contributed by atoms with van der Waals surface area (Å²) in [4.78, 5) is 10.4. The smallest absolute Gasteiger partial charge is 0.322 e. The Morgan fingerprint density at radius 1 is 1.40 bits per heavy atom. The van der Waals surface area contributed by atoms with E-state index in [0.29, 0.717) is 5.69 Å². The van der Waals surface area contributed by atoms with Crippen molar-refractivity contribution in [3.05, 3.63) is 30.5 Å². The van der Waals surface area contributed by atoms with Gasteiger partial charge in [-0.25, -0.2) is 0 Å². The fraction of sp³-hybridized carbons (Fsp3) is 0.100. The number of carboxylic acids is 1. The van der Waals surface area contributed by atoms with E-state index in [-0.39, 0.29) is 6.54 Å². The molecule has 76 valence electrons. The van der Waals surface area contributed by atoms with Crippen LogP contribution in [0.2, 0.25) is 0 Å². The van der Waals surface area contributed by atoms with Crippen LogP contribution >= 0.6 is 0 Å². The van der Waals surface area contributed by atoms with Gasteiger partial charge in [-0.1, -0.05) is 18.2 Å². The van der Waals surface area contributed by atoms with E-state index in [1.165, 1.54) is 6.20 Å². The fourth-order valence-corrected chi connectivity index (χ4v) is 1.32. The fourth-order valence-electron chi connectivity index (χ4n) is 1.32. The number of rotatable bonds is 3. The summed E-state index contributed by atoms with van der Waals surface area (Å²) in [7, 11) is 0. The lowest BCUT2D eigenvalue weighted by molar-refractivity contribution is -0.134. The molecule has 0 saturated heterocycles. The number of nitrogens with zero attached hydrogens (tertiary/aromatic N) is 2. The quantitative estimate of drug-likeness (QED) is 0.782. The number of fused-ring (bicyclic) bond motifs is 1. The lowest BCUT2D eigenvalue weighted by Gasteiger charge is -2.05. The third-order valence-corrected chi connectivity index (χ3v) is 1.98. The standard InChI is InChI=1S/C10H9N3O2/c14-10(15)6-11-9-5-12-13-8-4-2-1-3-7(8)9/h1-5H,6H2,(H,11,13)(H,14,15). The number of nitrogens with one attached hydrogen (secondary N) is 1. The average Bonchev–Trinajstić information content (AvgIpc) is 2.26. The number of hydrogen-bond acceptors (Lipinski definition) is 4. The van der Waals surface area contributed by atoms with Crippen molar-refractivity contribution in [1.29, 1.82) is 0 Å². The van der Waals surface area contributed by atoms with E-state index < -0.39 is 5.97 Å². The molecule has 1 aromatic heterocycles. The van der Waals surface area contributed by atoms with Crippen LogP contribution in [0.4, 0.5) is 5.69 Å². The molecular formula is C10H9N3O2. The van der Waals surface area contributed by atoms with E-state index in [4.69, 9.17) is 5.11 Å². The van der Waals surface area contributed by atoms with Gasteiger partial charge in [-0.05, 0) is 6.07 Å². The van der Waals surface area contributed by atoms with E-state index in [0.717, 1.165) is 10.9 Å². The summed E-state index contributed by atoms with van der Waals surface area (Å²) >= 11 is 0. The molecule has 0 bridgehead atoms. The molecule has 5 heteroatoms. The van der Waals surface area contributed by atoms with Crippen LogP contribution in [0.1, 0.15) is 0 Å². The van der Waals surface area contributed by atoms with Crippen LogP contribution in [0.5, 0.6) is 0 Å². The second-order valence-electron chi connectivity index (χ2n) is 3.02. The highest BCUT2D eigenvalue weighted by atomic mass is 16.4. The number of carboxylic acid groups (broad SMARTS) is 1. The molecular weight excluding hydrogens is 194 g/mol. The Kier molecular flexibility index (Phi) is 2.45. The van der Waals surface area contributed by atoms with E-state index in [9.17, 15) is 4.79 Å². The minimum Gasteiger partial charge on any atom is -0.480 e. The van der Waals surface area contributed by atoms with Gasteiger partial charge in [0.2, 0.25) is 0 Å². The zero-order chi connectivity index (χ0) is 10.7. The molecule has 2 rings (SSSR count). The zero-order valence-electron chi connectivity index (χ0n) is 7.84. The molecule has 0 spiro atoms. The molecule has 0 aliphatic rings. The molecule has 5 nitrogen and oxygen atoms in total. The third kappa shape index (κ3) is 2.01. The van der Waals surface area contributed by atoms with Gasteiger partial charge in [0.1, 0.15) is 6.54 Å². The van der Waals surface area contributed by atoms with E-state index in [1.54, 1.807) is 0 Å². The summed E-state index contributed by atoms with van der Waals surface area (Å²) in [6.45, 7) is -0.129. The van der Waals surface area contributed by atoms with Crippen molar-refractivity contribution in [1.82, 2.24) is 10.2 Å². The number of hydrogen-bond donors (Lipinski definition) is 2. The van der Waals surface area contributed by atoms with Crippen LogP contribution in [0.15, 0.2) is 30.5 Å². The van der Waals surface area contributed by atoms with Gasteiger partial charge in [0.05, 0.1) is 17.4 Å². The maximum atomic E-state index is 10.4. The van der Waals surface area contributed by atoms with Crippen molar-refractivity contribution in [2.75, 3.05) is 11.9 Å². The maximum absolute atomic E-state index is 10.4. The zero-order valence-corrected chi connectivity index (χ0v) is 7.84. The Morgan fingerprint density at radius 2 is 2.20 bits per heavy atom. The largest absolute Gasteiger partial charge is 0.480 e. The topological polar surface area (TPSA) is 75.1 Å². The molecule has 1 aromatic carbocycles. The third-order valence-electron chi connectivity index (χ3n) is 1.98. The molecule has 0 radical (unpaired) electrons. The molecule has 0 fully saturated rings. The van der Waals surface area contributed by atoms with Crippen molar-refractivity contribution in [2.45, 2.75) is 0 Å². The highest BCUT2D eigenvalue weighted by Crippen LogP contribution is 2.19. The molecule has 0 saturated carbocycles. The Labute approximate surface area is 85.8 Å². The highest BCUT2D eigenvalue weighted by molar-refractivity contribution is 5.91. The van der Waals surface area contributed by atoms with Gasteiger partial charge in [-0.15, -0.1) is 0 Å². The van der Waals surface area contributed by atoms with Gasteiger partial charge in [-0.2, -0.15) is 10.2 Å². The SMILES string of the molecule is O=C(O)CNc1cnnc2ccccc12. The number of carbonyl (C=O) groups is 1. The summed E-state index contributed by atoms with van der Waals surface area (Å²) < 4.78 is 0. The Morgan fingerprint density at radius 3 is 3.00 bits per heavy atom. The maximum Gasteiger partial charge on any atom is 0.322 e. The first kappa shape index (κ1) is 9.39. The van der Waals surface area contributed by atoms with Crippen LogP contribution < -0.4 is 5.32 Å². The van der Waals surface area contributed by atoms with Gasteiger partial charge in [-0.3, -0.25) is 4.79 Å². The average molecular weight is 203 g/mol.